The summed E-state index contributed by atoms with van der Waals surface area (Å²) in [7, 11) is 0. The predicted octanol–water partition coefficient (Wildman–Crippen LogP) is 2.21. The first kappa shape index (κ1) is 18.7. The smallest absolute Gasteiger partial charge is 0.417 e. The molecule has 8 nitrogen and oxygen atoms in total. The summed E-state index contributed by atoms with van der Waals surface area (Å²) < 4.78 is 11.2. The first-order chi connectivity index (χ1) is 14.7. The molecule has 0 radical (unpaired) electrons. The van der Waals surface area contributed by atoms with Gasteiger partial charge in [-0.25, -0.2) is 4.79 Å². The largest absolute Gasteiger partial charge is 0.494 e. The fourth-order valence-electron chi connectivity index (χ4n) is 4.19. The number of H-pyrrole nitrogens is 1. The Morgan fingerprint density at radius 2 is 1.93 bits per heavy atom. The molecule has 1 fully saturated rings. The fraction of sp³-hybridized carbons (Fsp3) is 0.364. The van der Waals surface area contributed by atoms with Crippen molar-refractivity contribution in [1.82, 2.24) is 9.88 Å². The first-order valence-corrected chi connectivity index (χ1v) is 10.3. The lowest BCUT2D eigenvalue weighted by molar-refractivity contribution is -0.115. The van der Waals surface area contributed by atoms with Crippen LogP contribution in [0.15, 0.2) is 45.6 Å². The van der Waals surface area contributed by atoms with Gasteiger partial charge in [0.05, 0.1) is 24.2 Å². The molecule has 0 aliphatic carbocycles. The number of aromatic amines is 1. The molecule has 1 amide bonds. The van der Waals surface area contributed by atoms with Gasteiger partial charge in [0.25, 0.3) is 0 Å². The number of fused-ring (bicyclic) bond motifs is 2. The maximum Gasteiger partial charge on any atom is 0.417 e. The van der Waals surface area contributed by atoms with Gasteiger partial charge in [-0.3, -0.25) is 14.7 Å². The molecule has 0 bridgehead atoms. The number of ether oxygens (including phenoxy) is 1. The summed E-state index contributed by atoms with van der Waals surface area (Å²) in [6, 6.07) is 11.6. The molecule has 2 aliphatic heterocycles. The molecule has 0 saturated carbocycles. The van der Waals surface area contributed by atoms with E-state index in [9.17, 15) is 9.59 Å². The molecule has 3 aromatic rings. The topological polar surface area (TPSA) is 90.8 Å². The van der Waals surface area contributed by atoms with Crippen LogP contribution >= 0.6 is 0 Å². The summed E-state index contributed by atoms with van der Waals surface area (Å²) >= 11 is 0. The molecule has 2 aliphatic rings. The van der Waals surface area contributed by atoms with Gasteiger partial charge in [0.1, 0.15) is 5.75 Å². The maximum atomic E-state index is 11.5. The highest BCUT2D eigenvalue weighted by Crippen LogP contribution is 2.28. The van der Waals surface area contributed by atoms with E-state index in [0.717, 1.165) is 67.3 Å². The number of amides is 1. The van der Waals surface area contributed by atoms with Crippen molar-refractivity contribution in [2.45, 2.75) is 12.8 Å². The molecule has 156 valence electrons. The van der Waals surface area contributed by atoms with Gasteiger partial charge < -0.3 is 19.4 Å². The van der Waals surface area contributed by atoms with E-state index < -0.39 is 5.76 Å². The van der Waals surface area contributed by atoms with E-state index in [1.807, 2.05) is 36.4 Å². The summed E-state index contributed by atoms with van der Waals surface area (Å²) in [5, 5.41) is 2.83. The Balaban J connectivity index is 1.09. The van der Waals surface area contributed by atoms with E-state index in [-0.39, 0.29) is 5.91 Å². The summed E-state index contributed by atoms with van der Waals surface area (Å²) in [5.74, 6) is 0.439. The van der Waals surface area contributed by atoms with Crippen LogP contribution in [0.4, 0.5) is 11.4 Å². The van der Waals surface area contributed by atoms with E-state index in [0.29, 0.717) is 18.6 Å². The standard InChI is InChI=1S/C22H24N4O4/c27-20-14-15-13-16(5-6-17(15)23-20)29-12-2-7-25-8-10-26(11-9-25)19-4-1-3-18-21(19)30-22(28)24-18/h1,3-6,13H,2,7-12,14H2,(H,23,27)(H,24,28). The highest BCUT2D eigenvalue weighted by molar-refractivity contribution is 5.99. The Bertz CT molecular complexity index is 1130. The molecule has 2 aromatic carbocycles. The van der Waals surface area contributed by atoms with Crippen molar-refractivity contribution in [3.63, 3.8) is 0 Å². The van der Waals surface area contributed by atoms with Crippen LogP contribution in [0.5, 0.6) is 5.75 Å². The Hall–Kier alpha value is -3.26. The minimum Gasteiger partial charge on any atom is -0.494 e. The zero-order chi connectivity index (χ0) is 20.5. The van der Waals surface area contributed by atoms with Gasteiger partial charge in [0, 0.05) is 38.4 Å². The first-order valence-electron chi connectivity index (χ1n) is 10.3. The van der Waals surface area contributed by atoms with Gasteiger partial charge in [-0.2, -0.15) is 0 Å². The minimum absolute atomic E-state index is 0.0381. The molecule has 3 heterocycles. The quantitative estimate of drug-likeness (QED) is 0.608. The number of hydrogen-bond acceptors (Lipinski definition) is 6. The number of aromatic nitrogens is 1. The minimum atomic E-state index is -0.415. The number of para-hydroxylation sites is 1. The number of oxazole rings is 1. The second-order valence-electron chi connectivity index (χ2n) is 7.74. The number of rotatable bonds is 6. The molecule has 1 saturated heterocycles. The number of nitrogens with zero attached hydrogens (tertiary/aromatic N) is 2. The summed E-state index contributed by atoms with van der Waals surface area (Å²) in [6.07, 6.45) is 1.37. The van der Waals surface area contributed by atoms with Crippen molar-refractivity contribution in [1.29, 1.82) is 0 Å². The lowest BCUT2D eigenvalue weighted by atomic mass is 10.1. The zero-order valence-electron chi connectivity index (χ0n) is 16.6. The third-order valence-electron chi connectivity index (χ3n) is 5.73. The Labute approximate surface area is 173 Å². The lowest BCUT2D eigenvalue weighted by Gasteiger charge is -2.35. The van der Waals surface area contributed by atoms with Crippen LogP contribution in [0, 0.1) is 0 Å². The van der Waals surface area contributed by atoms with Crippen LogP contribution in [0.1, 0.15) is 12.0 Å². The predicted molar refractivity (Wildman–Crippen MR) is 114 cm³/mol. The zero-order valence-corrected chi connectivity index (χ0v) is 16.6. The van der Waals surface area contributed by atoms with Crippen LogP contribution < -0.4 is 20.7 Å². The molecule has 1 aromatic heterocycles. The van der Waals surface area contributed by atoms with Crippen molar-refractivity contribution >= 4 is 28.4 Å². The van der Waals surface area contributed by atoms with Gasteiger partial charge >= 0.3 is 5.76 Å². The maximum absolute atomic E-state index is 11.5. The van der Waals surface area contributed by atoms with E-state index in [4.69, 9.17) is 9.15 Å². The molecule has 0 spiro atoms. The molecular weight excluding hydrogens is 384 g/mol. The van der Waals surface area contributed by atoms with Gasteiger partial charge in [-0.1, -0.05) is 6.07 Å². The van der Waals surface area contributed by atoms with E-state index in [1.54, 1.807) is 0 Å². The van der Waals surface area contributed by atoms with Gasteiger partial charge in [0.15, 0.2) is 5.58 Å². The molecule has 30 heavy (non-hydrogen) atoms. The Morgan fingerprint density at radius 3 is 2.80 bits per heavy atom. The number of hydrogen-bond donors (Lipinski definition) is 2. The van der Waals surface area contributed by atoms with Crippen molar-refractivity contribution in [3.05, 3.63) is 52.5 Å². The Morgan fingerprint density at radius 1 is 1.07 bits per heavy atom. The average molecular weight is 408 g/mol. The number of carbonyl (C=O) groups is 1. The SMILES string of the molecule is O=C1Cc2cc(OCCCN3CCN(c4cccc5[nH]c(=O)oc45)CC3)ccc2N1. The number of anilines is 2. The third kappa shape index (κ3) is 3.78. The van der Waals surface area contributed by atoms with Crippen LogP contribution in [0.25, 0.3) is 11.1 Å². The van der Waals surface area contributed by atoms with E-state index in [1.165, 1.54) is 0 Å². The number of benzene rings is 2. The highest BCUT2D eigenvalue weighted by atomic mass is 16.5. The van der Waals surface area contributed by atoms with Gasteiger partial charge in [-0.05, 0) is 42.3 Å². The fourth-order valence-corrected chi connectivity index (χ4v) is 4.19. The molecule has 0 unspecified atom stereocenters. The molecule has 2 N–H and O–H groups in total. The third-order valence-corrected chi connectivity index (χ3v) is 5.73. The summed E-state index contributed by atoms with van der Waals surface area (Å²) in [6.45, 7) is 5.31. The van der Waals surface area contributed by atoms with E-state index >= 15 is 0 Å². The van der Waals surface area contributed by atoms with Crippen LogP contribution in [-0.4, -0.2) is 55.1 Å². The van der Waals surface area contributed by atoms with Crippen LogP contribution in [0.3, 0.4) is 0 Å². The van der Waals surface area contributed by atoms with Crippen LogP contribution in [-0.2, 0) is 11.2 Å². The lowest BCUT2D eigenvalue weighted by Crippen LogP contribution is -2.46. The second-order valence-corrected chi connectivity index (χ2v) is 7.74. The van der Waals surface area contributed by atoms with Crippen molar-refractivity contribution < 1.29 is 13.9 Å². The van der Waals surface area contributed by atoms with Crippen molar-refractivity contribution in [2.24, 2.45) is 0 Å². The Kier molecular flexibility index (Phi) is 4.92. The van der Waals surface area contributed by atoms with Crippen molar-refractivity contribution in [2.75, 3.05) is 49.5 Å². The molecule has 8 heteroatoms. The monoisotopic (exact) mass is 408 g/mol. The second kappa shape index (κ2) is 7.87. The van der Waals surface area contributed by atoms with Gasteiger partial charge in [-0.15, -0.1) is 0 Å². The molecular formula is C22H24N4O4. The number of carbonyl (C=O) groups excluding carboxylic acids is 1. The summed E-state index contributed by atoms with van der Waals surface area (Å²) in [5.41, 5.74) is 4.24. The average Bonchev–Trinajstić information content (AvgIpc) is 3.31. The van der Waals surface area contributed by atoms with E-state index in [2.05, 4.69) is 20.1 Å². The molecule has 5 rings (SSSR count). The number of nitrogens with one attached hydrogen (secondary N) is 2. The van der Waals surface area contributed by atoms with Gasteiger partial charge in [0.2, 0.25) is 5.91 Å². The normalized spacial score (nSPS) is 16.7. The van der Waals surface area contributed by atoms with Crippen LogP contribution in [0.2, 0.25) is 0 Å². The van der Waals surface area contributed by atoms with Crippen molar-refractivity contribution in [3.8, 4) is 5.75 Å². The number of piperazine rings is 1. The highest BCUT2D eigenvalue weighted by Gasteiger charge is 2.20. The summed E-state index contributed by atoms with van der Waals surface area (Å²) in [4.78, 5) is 30.4. The molecule has 0 atom stereocenters.